The van der Waals surface area contributed by atoms with Crippen LogP contribution in [0.5, 0.6) is 17.2 Å². The Hall–Kier alpha value is -1.95. The van der Waals surface area contributed by atoms with Crippen molar-refractivity contribution >= 4 is 5.91 Å². The van der Waals surface area contributed by atoms with Crippen molar-refractivity contribution < 1.29 is 19.0 Å². The molecule has 0 aromatic heterocycles. The molecule has 0 saturated carbocycles. The Morgan fingerprint density at radius 3 is 2.25 bits per heavy atom. The standard InChI is InChI=1S/C14H20N2O4/c1-18-11-7-9(8-12(19-2)13(11)20-3)6-10-14(17)16-5-4-15-10/h7-8,10,15H,4-6H2,1-3H3,(H,16,17). The highest BCUT2D eigenvalue weighted by Crippen LogP contribution is 2.38. The Bertz CT molecular complexity index is 465. The van der Waals surface area contributed by atoms with Gasteiger partial charge in [0.2, 0.25) is 11.7 Å². The first kappa shape index (κ1) is 14.5. The first-order valence-corrected chi connectivity index (χ1v) is 6.49. The predicted molar refractivity (Wildman–Crippen MR) is 74.6 cm³/mol. The van der Waals surface area contributed by atoms with E-state index in [4.69, 9.17) is 14.2 Å². The lowest BCUT2D eigenvalue weighted by molar-refractivity contribution is -0.124. The van der Waals surface area contributed by atoms with E-state index < -0.39 is 0 Å². The molecule has 1 aromatic carbocycles. The number of piperazine rings is 1. The van der Waals surface area contributed by atoms with Gasteiger partial charge in [-0.25, -0.2) is 0 Å². The lowest BCUT2D eigenvalue weighted by atomic mass is 10.0. The third-order valence-corrected chi connectivity index (χ3v) is 3.30. The van der Waals surface area contributed by atoms with Crippen LogP contribution in [-0.4, -0.2) is 46.4 Å². The minimum Gasteiger partial charge on any atom is -0.493 e. The van der Waals surface area contributed by atoms with Crippen LogP contribution in [0.15, 0.2) is 12.1 Å². The lowest BCUT2D eigenvalue weighted by Crippen LogP contribution is -2.53. The molecule has 2 N–H and O–H groups in total. The Morgan fingerprint density at radius 2 is 1.75 bits per heavy atom. The molecule has 1 heterocycles. The minimum absolute atomic E-state index is 0.0185. The molecule has 1 aromatic rings. The van der Waals surface area contributed by atoms with Crippen molar-refractivity contribution in [3.63, 3.8) is 0 Å². The molecule has 0 radical (unpaired) electrons. The van der Waals surface area contributed by atoms with Gasteiger partial charge < -0.3 is 24.8 Å². The van der Waals surface area contributed by atoms with Crippen molar-refractivity contribution in [2.75, 3.05) is 34.4 Å². The molecule has 6 heteroatoms. The van der Waals surface area contributed by atoms with E-state index in [0.717, 1.165) is 12.1 Å². The number of nitrogens with one attached hydrogen (secondary N) is 2. The summed E-state index contributed by atoms with van der Waals surface area (Å²) in [7, 11) is 4.72. The summed E-state index contributed by atoms with van der Waals surface area (Å²) in [6.45, 7) is 1.45. The maximum Gasteiger partial charge on any atom is 0.237 e. The van der Waals surface area contributed by atoms with Crippen LogP contribution in [0.4, 0.5) is 0 Å². The van der Waals surface area contributed by atoms with Gasteiger partial charge in [-0.05, 0) is 24.1 Å². The summed E-state index contributed by atoms with van der Waals surface area (Å²) in [6, 6.07) is 3.50. The van der Waals surface area contributed by atoms with E-state index in [1.165, 1.54) is 0 Å². The van der Waals surface area contributed by atoms with Crippen molar-refractivity contribution in [2.24, 2.45) is 0 Å². The van der Waals surface area contributed by atoms with E-state index in [1.54, 1.807) is 21.3 Å². The average molecular weight is 280 g/mol. The van der Waals surface area contributed by atoms with Crippen LogP contribution in [0.1, 0.15) is 5.56 Å². The summed E-state index contributed by atoms with van der Waals surface area (Å²) in [4.78, 5) is 11.8. The Kier molecular flexibility index (Phi) is 4.68. The number of methoxy groups -OCH3 is 3. The number of amides is 1. The van der Waals surface area contributed by atoms with Gasteiger partial charge in [0.25, 0.3) is 0 Å². The Labute approximate surface area is 118 Å². The fourth-order valence-corrected chi connectivity index (χ4v) is 2.30. The van der Waals surface area contributed by atoms with E-state index in [2.05, 4.69) is 10.6 Å². The highest BCUT2D eigenvalue weighted by atomic mass is 16.5. The molecule has 0 bridgehead atoms. The second kappa shape index (κ2) is 6.47. The molecule has 110 valence electrons. The van der Waals surface area contributed by atoms with Gasteiger partial charge in [-0.3, -0.25) is 4.79 Å². The fraction of sp³-hybridized carbons (Fsp3) is 0.500. The van der Waals surface area contributed by atoms with Gasteiger partial charge in [-0.15, -0.1) is 0 Å². The van der Waals surface area contributed by atoms with E-state index in [9.17, 15) is 4.79 Å². The Morgan fingerprint density at radius 1 is 1.10 bits per heavy atom. The van der Waals surface area contributed by atoms with E-state index in [-0.39, 0.29) is 11.9 Å². The van der Waals surface area contributed by atoms with E-state index in [0.29, 0.717) is 30.2 Å². The number of carbonyl (C=O) groups excluding carboxylic acids is 1. The number of benzene rings is 1. The van der Waals surface area contributed by atoms with Crippen molar-refractivity contribution in [3.05, 3.63) is 17.7 Å². The third kappa shape index (κ3) is 2.96. The van der Waals surface area contributed by atoms with Crippen LogP contribution in [0, 0.1) is 0 Å². The number of rotatable bonds is 5. The number of hydrogen-bond acceptors (Lipinski definition) is 5. The highest BCUT2D eigenvalue weighted by molar-refractivity contribution is 5.82. The van der Waals surface area contributed by atoms with Crippen LogP contribution in [-0.2, 0) is 11.2 Å². The molecular formula is C14H20N2O4. The van der Waals surface area contributed by atoms with Crippen LogP contribution < -0.4 is 24.8 Å². The molecule has 1 aliphatic heterocycles. The van der Waals surface area contributed by atoms with Gasteiger partial charge in [-0.2, -0.15) is 0 Å². The second-order valence-corrected chi connectivity index (χ2v) is 4.54. The van der Waals surface area contributed by atoms with Gasteiger partial charge in [0, 0.05) is 13.1 Å². The van der Waals surface area contributed by atoms with Gasteiger partial charge in [0.1, 0.15) is 0 Å². The summed E-state index contributed by atoms with van der Waals surface area (Å²) >= 11 is 0. The molecule has 1 unspecified atom stereocenters. The minimum atomic E-state index is -0.230. The summed E-state index contributed by atoms with van der Waals surface area (Å²) in [5.74, 6) is 1.76. The summed E-state index contributed by atoms with van der Waals surface area (Å²) in [5, 5.41) is 6.04. The topological polar surface area (TPSA) is 68.8 Å². The van der Waals surface area contributed by atoms with Crippen LogP contribution in [0.3, 0.4) is 0 Å². The zero-order chi connectivity index (χ0) is 14.5. The van der Waals surface area contributed by atoms with E-state index in [1.807, 2.05) is 12.1 Å². The Balaban J connectivity index is 2.25. The van der Waals surface area contributed by atoms with E-state index >= 15 is 0 Å². The SMILES string of the molecule is COc1cc(CC2NCCNC2=O)cc(OC)c1OC. The molecule has 0 aliphatic carbocycles. The quantitative estimate of drug-likeness (QED) is 0.814. The third-order valence-electron chi connectivity index (χ3n) is 3.30. The first-order valence-electron chi connectivity index (χ1n) is 6.49. The molecule has 20 heavy (non-hydrogen) atoms. The number of ether oxygens (including phenoxy) is 3. The molecule has 0 spiro atoms. The summed E-state index contributed by atoms with van der Waals surface area (Å²) < 4.78 is 15.9. The smallest absolute Gasteiger partial charge is 0.237 e. The van der Waals surface area contributed by atoms with Crippen LogP contribution in [0.25, 0.3) is 0 Å². The second-order valence-electron chi connectivity index (χ2n) is 4.54. The van der Waals surface area contributed by atoms with Crippen molar-refractivity contribution in [2.45, 2.75) is 12.5 Å². The fourth-order valence-electron chi connectivity index (χ4n) is 2.30. The van der Waals surface area contributed by atoms with Crippen LogP contribution >= 0.6 is 0 Å². The molecule has 1 atom stereocenters. The predicted octanol–water partition coefficient (Wildman–Crippen LogP) is 0.343. The molecular weight excluding hydrogens is 260 g/mol. The molecule has 6 nitrogen and oxygen atoms in total. The molecule has 1 aliphatic rings. The average Bonchev–Trinajstić information content (AvgIpc) is 2.48. The molecule has 2 rings (SSSR count). The van der Waals surface area contributed by atoms with Gasteiger partial charge in [0.15, 0.2) is 11.5 Å². The zero-order valence-electron chi connectivity index (χ0n) is 12.0. The monoisotopic (exact) mass is 280 g/mol. The first-order chi connectivity index (χ1) is 9.69. The molecule has 1 saturated heterocycles. The molecule has 1 fully saturated rings. The van der Waals surface area contributed by atoms with Crippen molar-refractivity contribution in [1.29, 1.82) is 0 Å². The van der Waals surface area contributed by atoms with Gasteiger partial charge in [0.05, 0.1) is 27.4 Å². The van der Waals surface area contributed by atoms with Gasteiger partial charge in [-0.1, -0.05) is 0 Å². The largest absolute Gasteiger partial charge is 0.493 e. The van der Waals surface area contributed by atoms with Gasteiger partial charge >= 0.3 is 0 Å². The molecule has 1 amide bonds. The van der Waals surface area contributed by atoms with Crippen LogP contribution in [0.2, 0.25) is 0 Å². The van der Waals surface area contributed by atoms with Crippen molar-refractivity contribution in [3.8, 4) is 17.2 Å². The number of carbonyl (C=O) groups is 1. The highest BCUT2D eigenvalue weighted by Gasteiger charge is 2.23. The lowest BCUT2D eigenvalue weighted by Gasteiger charge is -2.24. The normalized spacial score (nSPS) is 18.4. The maximum atomic E-state index is 11.8. The summed E-state index contributed by atoms with van der Waals surface area (Å²) in [5.41, 5.74) is 0.953. The van der Waals surface area contributed by atoms with Crippen molar-refractivity contribution in [1.82, 2.24) is 10.6 Å². The maximum absolute atomic E-state index is 11.8. The zero-order valence-corrected chi connectivity index (χ0v) is 12.0. The summed E-state index contributed by atoms with van der Waals surface area (Å²) in [6.07, 6.45) is 0.572. The number of hydrogen-bond donors (Lipinski definition) is 2.